The van der Waals surface area contributed by atoms with E-state index in [9.17, 15) is 0 Å². The van der Waals surface area contributed by atoms with Crippen LogP contribution >= 0.6 is 15.9 Å². The molecule has 0 atom stereocenters. The van der Waals surface area contributed by atoms with Gasteiger partial charge in [-0.15, -0.1) is 0 Å². The maximum Gasteiger partial charge on any atom is 0.123 e. The average Bonchev–Trinajstić information content (AvgIpc) is 2.16. The van der Waals surface area contributed by atoms with Crippen molar-refractivity contribution in [3.63, 3.8) is 0 Å². The monoisotopic (exact) mass is 241 g/mol. The Hall–Kier alpha value is -1.19. The molecule has 13 heavy (non-hydrogen) atoms. The first-order valence-electron chi connectivity index (χ1n) is 3.61. The minimum atomic E-state index is 0.312. The van der Waals surface area contributed by atoms with Crippen LogP contribution in [0.15, 0.2) is 27.8 Å². The summed E-state index contributed by atoms with van der Waals surface area (Å²) < 4.78 is 6.05. The highest BCUT2D eigenvalue weighted by molar-refractivity contribution is 9.10. The topological polar surface area (TPSA) is 58.0 Å². The molecule has 1 aromatic rings. The van der Waals surface area contributed by atoms with E-state index in [-0.39, 0.29) is 0 Å². The lowest BCUT2D eigenvalue weighted by Gasteiger charge is -2.05. The van der Waals surface area contributed by atoms with E-state index in [1.165, 1.54) is 0 Å². The van der Waals surface area contributed by atoms with Crippen molar-refractivity contribution in [3.05, 3.63) is 38.7 Å². The number of methoxy groups -OCH3 is 1. The van der Waals surface area contributed by atoms with Crippen molar-refractivity contribution < 1.29 is 4.74 Å². The van der Waals surface area contributed by atoms with Crippen LogP contribution in [-0.2, 0) is 6.54 Å². The average molecular weight is 242 g/mol. The van der Waals surface area contributed by atoms with Gasteiger partial charge in [-0.25, -0.2) is 0 Å². The van der Waals surface area contributed by atoms with Crippen LogP contribution in [0.2, 0.25) is 0 Å². The molecule has 0 amide bonds. The summed E-state index contributed by atoms with van der Waals surface area (Å²) in [6.07, 6.45) is 0. The van der Waals surface area contributed by atoms with Gasteiger partial charge in [0.25, 0.3) is 0 Å². The standard InChI is InChI=1S/C8H8BrN3O/c1-13-8-4-7(9)3-2-6(8)5-11-12-10/h2-4H,5H2,1H3. The van der Waals surface area contributed by atoms with Gasteiger partial charge in [0.15, 0.2) is 0 Å². The summed E-state index contributed by atoms with van der Waals surface area (Å²) in [5.74, 6) is 0.724. The van der Waals surface area contributed by atoms with Crippen LogP contribution in [-0.4, -0.2) is 7.11 Å². The predicted octanol–water partition coefficient (Wildman–Crippen LogP) is 3.27. The van der Waals surface area contributed by atoms with Gasteiger partial charge in [0, 0.05) is 9.38 Å². The third kappa shape index (κ3) is 2.65. The fourth-order valence-corrected chi connectivity index (χ4v) is 1.30. The van der Waals surface area contributed by atoms with Gasteiger partial charge in [0.05, 0.1) is 13.7 Å². The lowest BCUT2D eigenvalue weighted by molar-refractivity contribution is 0.409. The second-order valence-corrected chi connectivity index (χ2v) is 3.26. The largest absolute Gasteiger partial charge is 0.496 e. The zero-order valence-corrected chi connectivity index (χ0v) is 8.65. The highest BCUT2D eigenvalue weighted by atomic mass is 79.9. The number of hydrogen-bond acceptors (Lipinski definition) is 2. The van der Waals surface area contributed by atoms with Gasteiger partial charge in [-0.05, 0) is 23.2 Å². The number of ether oxygens (including phenoxy) is 1. The fraction of sp³-hybridized carbons (Fsp3) is 0.250. The predicted molar refractivity (Wildman–Crippen MR) is 53.5 cm³/mol. The second kappa shape index (κ2) is 4.74. The molecular weight excluding hydrogens is 234 g/mol. The van der Waals surface area contributed by atoms with E-state index >= 15 is 0 Å². The third-order valence-corrected chi connectivity index (χ3v) is 2.05. The van der Waals surface area contributed by atoms with Crippen LogP contribution in [0, 0.1) is 0 Å². The molecule has 0 radical (unpaired) electrons. The highest BCUT2D eigenvalue weighted by Crippen LogP contribution is 2.23. The van der Waals surface area contributed by atoms with E-state index in [2.05, 4.69) is 26.0 Å². The van der Waals surface area contributed by atoms with Crippen molar-refractivity contribution in [2.45, 2.75) is 6.54 Å². The van der Waals surface area contributed by atoms with Crippen LogP contribution in [0.3, 0.4) is 0 Å². The Kier molecular flexibility index (Phi) is 3.61. The van der Waals surface area contributed by atoms with Gasteiger partial charge in [-0.3, -0.25) is 0 Å². The molecule has 4 nitrogen and oxygen atoms in total. The zero-order chi connectivity index (χ0) is 9.68. The Labute approximate surface area is 84.3 Å². The number of azide groups is 1. The van der Waals surface area contributed by atoms with E-state index in [1.807, 2.05) is 18.2 Å². The van der Waals surface area contributed by atoms with Crippen molar-refractivity contribution >= 4 is 15.9 Å². The van der Waals surface area contributed by atoms with Gasteiger partial charge < -0.3 is 4.74 Å². The third-order valence-electron chi connectivity index (χ3n) is 1.55. The summed E-state index contributed by atoms with van der Waals surface area (Å²) in [6, 6.07) is 5.57. The SMILES string of the molecule is COc1cc(Br)ccc1CN=[N+]=[N-]. The van der Waals surface area contributed by atoms with E-state index in [1.54, 1.807) is 7.11 Å². The highest BCUT2D eigenvalue weighted by Gasteiger charge is 2.01. The molecule has 0 saturated carbocycles. The maximum atomic E-state index is 8.15. The van der Waals surface area contributed by atoms with Crippen molar-refractivity contribution in [2.75, 3.05) is 7.11 Å². The minimum Gasteiger partial charge on any atom is -0.496 e. The van der Waals surface area contributed by atoms with E-state index in [0.29, 0.717) is 6.54 Å². The molecule has 1 aromatic carbocycles. The molecule has 0 unspecified atom stereocenters. The summed E-state index contributed by atoms with van der Waals surface area (Å²) in [4.78, 5) is 2.69. The van der Waals surface area contributed by atoms with Gasteiger partial charge in [-0.1, -0.05) is 27.1 Å². The molecule has 68 valence electrons. The number of rotatable bonds is 3. The van der Waals surface area contributed by atoms with Crippen molar-refractivity contribution in [3.8, 4) is 5.75 Å². The van der Waals surface area contributed by atoms with Gasteiger partial charge >= 0.3 is 0 Å². The molecule has 0 aromatic heterocycles. The lowest BCUT2D eigenvalue weighted by atomic mass is 10.2. The zero-order valence-electron chi connectivity index (χ0n) is 7.07. The van der Waals surface area contributed by atoms with E-state index in [0.717, 1.165) is 15.8 Å². The molecule has 0 saturated heterocycles. The van der Waals surface area contributed by atoms with Gasteiger partial charge in [0.1, 0.15) is 5.75 Å². The van der Waals surface area contributed by atoms with E-state index < -0.39 is 0 Å². The molecule has 0 fully saturated rings. The molecule has 0 N–H and O–H groups in total. The molecule has 0 aliphatic carbocycles. The van der Waals surface area contributed by atoms with Gasteiger partial charge in [0.2, 0.25) is 0 Å². The van der Waals surface area contributed by atoms with Crippen molar-refractivity contribution in [1.82, 2.24) is 0 Å². The number of nitrogens with zero attached hydrogens (tertiary/aromatic N) is 3. The summed E-state index contributed by atoms with van der Waals surface area (Å²) in [5, 5.41) is 3.47. The fourth-order valence-electron chi connectivity index (χ4n) is 0.957. The molecule has 0 spiro atoms. The number of halogens is 1. The smallest absolute Gasteiger partial charge is 0.123 e. The Morgan fingerprint density at radius 2 is 2.38 bits per heavy atom. The van der Waals surface area contributed by atoms with Crippen molar-refractivity contribution in [2.24, 2.45) is 5.11 Å². The Balaban J connectivity index is 2.98. The molecule has 0 aliphatic rings. The molecule has 0 heterocycles. The molecule has 5 heteroatoms. The minimum absolute atomic E-state index is 0.312. The summed E-state index contributed by atoms with van der Waals surface area (Å²) >= 11 is 3.32. The summed E-state index contributed by atoms with van der Waals surface area (Å²) in [7, 11) is 1.58. The number of benzene rings is 1. The lowest BCUT2D eigenvalue weighted by Crippen LogP contribution is -1.89. The first kappa shape index (κ1) is 9.89. The van der Waals surface area contributed by atoms with Crippen LogP contribution in [0.4, 0.5) is 0 Å². The van der Waals surface area contributed by atoms with Crippen LogP contribution in [0.5, 0.6) is 5.75 Å². The normalized spacial score (nSPS) is 9.08. The summed E-state index contributed by atoms with van der Waals surface area (Å²) in [6.45, 7) is 0.312. The summed E-state index contributed by atoms with van der Waals surface area (Å²) in [5.41, 5.74) is 9.03. The second-order valence-electron chi connectivity index (χ2n) is 2.35. The Morgan fingerprint density at radius 1 is 1.62 bits per heavy atom. The first-order valence-corrected chi connectivity index (χ1v) is 4.40. The quantitative estimate of drug-likeness (QED) is 0.455. The van der Waals surface area contributed by atoms with Crippen LogP contribution in [0.25, 0.3) is 10.4 Å². The van der Waals surface area contributed by atoms with Crippen LogP contribution in [0.1, 0.15) is 5.56 Å². The first-order chi connectivity index (χ1) is 6.27. The molecule has 1 rings (SSSR count). The molecule has 0 aliphatic heterocycles. The van der Waals surface area contributed by atoms with Gasteiger partial charge in [-0.2, -0.15) is 0 Å². The Morgan fingerprint density at radius 3 is 3.00 bits per heavy atom. The van der Waals surface area contributed by atoms with Crippen LogP contribution < -0.4 is 4.74 Å². The maximum absolute atomic E-state index is 8.15. The van der Waals surface area contributed by atoms with Crippen molar-refractivity contribution in [1.29, 1.82) is 0 Å². The van der Waals surface area contributed by atoms with E-state index in [4.69, 9.17) is 10.3 Å². The molecular formula is C8H8BrN3O. The Bertz CT molecular complexity index is 347. The number of hydrogen-bond donors (Lipinski definition) is 0. The molecule has 0 bridgehead atoms.